The maximum Gasteiger partial charge on any atom is 0.258 e. The summed E-state index contributed by atoms with van der Waals surface area (Å²) in [4.78, 5) is 29.0. The second-order valence-corrected chi connectivity index (χ2v) is 8.29. The fraction of sp³-hybridized carbons (Fsp3) is 0.348. The number of hydrogen-bond donors (Lipinski definition) is 4. The number of nitrogens with one attached hydrogen (secondary N) is 4. The zero-order chi connectivity index (χ0) is 22.8. The highest BCUT2D eigenvalue weighted by atomic mass is 19.1. The molecule has 7 nitrogen and oxygen atoms in total. The van der Waals surface area contributed by atoms with Crippen LogP contribution in [0.1, 0.15) is 58.9 Å². The molecule has 1 aliphatic heterocycles. The van der Waals surface area contributed by atoms with Crippen molar-refractivity contribution in [2.24, 2.45) is 4.99 Å². The molecule has 0 aromatic heterocycles. The number of halogens is 2. The third-order valence-electron chi connectivity index (χ3n) is 5.16. The Morgan fingerprint density at radius 1 is 1.06 bits per heavy atom. The third-order valence-corrected chi connectivity index (χ3v) is 5.16. The number of amides is 2. The summed E-state index contributed by atoms with van der Waals surface area (Å²) in [5.41, 5.74) is 1.40. The van der Waals surface area contributed by atoms with Crippen LogP contribution in [0.4, 0.5) is 20.2 Å². The van der Waals surface area contributed by atoms with E-state index < -0.39 is 23.4 Å². The first-order chi connectivity index (χ1) is 15.3. The van der Waals surface area contributed by atoms with Crippen LogP contribution in [0.15, 0.2) is 35.3 Å². The summed E-state index contributed by atoms with van der Waals surface area (Å²) in [6.45, 7) is 4.83. The molecule has 2 aromatic rings. The van der Waals surface area contributed by atoms with Crippen LogP contribution in [-0.4, -0.2) is 36.9 Å². The highest BCUT2D eigenvalue weighted by molar-refractivity contribution is 6.06. The van der Waals surface area contributed by atoms with Crippen molar-refractivity contribution in [1.82, 2.24) is 16.0 Å². The second kappa shape index (κ2) is 8.94. The molecule has 32 heavy (non-hydrogen) atoms. The fourth-order valence-electron chi connectivity index (χ4n) is 3.55. The number of carbonyl (C=O) groups excluding carboxylic acids is 2. The van der Waals surface area contributed by atoms with Gasteiger partial charge in [-0.25, -0.2) is 8.78 Å². The molecular weight excluding hydrogens is 416 g/mol. The number of benzene rings is 2. The Morgan fingerprint density at radius 2 is 1.81 bits per heavy atom. The first-order valence-corrected chi connectivity index (χ1v) is 10.6. The topological polar surface area (TPSA) is 94.6 Å². The quantitative estimate of drug-likeness (QED) is 0.553. The Kier molecular flexibility index (Phi) is 6.07. The highest BCUT2D eigenvalue weighted by Gasteiger charge is 2.29. The molecule has 0 spiro atoms. The van der Waals surface area contributed by atoms with E-state index >= 15 is 4.39 Å². The minimum Gasteiger partial charge on any atom is -0.354 e. The minimum atomic E-state index is -0.627. The Bertz CT molecular complexity index is 1100. The lowest BCUT2D eigenvalue weighted by molar-refractivity contribution is 0.0940. The van der Waals surface area contributed by atoms with Crippen molar-refractivity contribution >= 4 is 29.1 Å². The molecule has 1 aliphatic carbocycles. The summed E-state index contributed by atoms with van der Waals surface area (Å²) in [7, 11) is 0. The SMILES string of the molecule is CC(C)NC(=O)c1cc(F)cc(Nc2c(F)cc(C(=O)NC3=NCCN3)cc2C2CC2)c1. The lowest BCUT2D eigenvalue weighted by Crippen LogP contribution is -2.38. The lowest BCUT2D eigenvalue weighted by atomic mass is 10.0. The van der Waals surface area contributed by atoms with Crippen LogP contribution in [0.25, 0.3) is 0 Å². The molecule has 0 saturated heterocycles. The van der Waals surface area contributed by atoms with E-state index in [4.69, 9.17) is 0 Å². The van der Waals surface area contributed by atoms with E-state index in [0.29, 0.717) is 24.6 Å². The normalized spacial score (nSPS) is 15.2. The van der Waals surface area contributed by atoms with Crippen molar-refractivity contribution in [3.05, 3.63) is 58.7 Å². The molecule has 2 aromatic carbocycles. The summed E-state index contributed by atoms with van der Waals surface area (Å²) >= 11 is 0. The van der Waals surface area contributed by atoms with Crippen molar-refractivity contribution in [2.75, 3.05) is 18.4 Å². The van der Waals surface area contributed by atoms with Gasteiger partial charge in [0.1, 0.15) is 11.6 Å². The second-order valence-electron chi connectivity index (χ2n) is 8.29. The van der Waals surface area contributed by atoms with Crippen LogP contribution < -0.4 is 21.3 Å². The van der Waals surface area contributed by atoms with E-state index in [9.17, 15) is 14.0 Å². The van der Waals surface area contributed by atoms with Crippen LogP contribution in [0.3, 0.4) is 0 Å². The summed E-state index contributed by atoms with van der Waals surface area (Å²) in [6, 6.07) is 6.50. The molecule has 0 atom stereocenters. The zero-order valence-corrected chi connectivity index (χ0v) is 17.9. The molecule has 0 unspecified atom stereocenters. The summed E-state index contributed by atoms with van der Waals surface area (Å²) < 4.78 is 29.3. The molecule has 0 bridgehead atoms. The van der Waals surface area contributed by atoms with Crippen LogP contribution in [0.2, 0.25) is 0 Å². The van der Waals surface area contributed by atoms with E-state index in [1.54, 1.807) is 19.9 Å². The van der Waals surface area contributed by atoms with Gasteiger partial charge >= 0.3 is 0 Å². The molecule has 1 heterocycles. The summed E-state index contributed by atoms with van der Waals surface area (Å²) in [6.07, 6.45) is 1.75. The fourth-order valence-corrected chi connectivity index (χ4v) is 3.55. The summed E-state index contributed by atoms with van der Waals surface area (Å²) in [5.74, 6) is -1.63. The standard InChI is InChI=1S/C23H25F2N5O2/c1-12(2)28-21(31)14-7-16(24)11-17(8-14)29-20-18(13-3-4-13)9-15(10-19(20)25)22(32)30-23-26-5-6-27-23/h7-13,29H,3-6H2,1-2H3,(H,28,31)(H2,26,27,30,32). The van der Waals surface area contributed by atoms with Gasteiger partial charge in [0.25, 0.3) is 11.8 Å². The monoisotopic (exact) mass is 441 g/mol. The highest BCUT2D eigenvalue weighted by Crippen LogP contribution is 2.45. The van der Waals surface area contributed by atoms with Crippen LogP contribution in [-0.2, 0) is 0 Å². The number of guanidine groups is 1. The van der Waals surface area contributed by atoms with Gasteiger partial charge in [-0.05, 0) is 68.5 Å². The van der Waals surface area contributed by atoms with E-state index in [-0.39, 0.29) is 34.5 Å². The molecule has 1 saturated carbocycles. The number of carbonyl (C=O) groups is 2. The minimum absolute atomic E-state index is 0.106. The van der Waals surface area contributed by atoms with Gasteiger partial charge in [0, 0.05) is 29.4 Å². The van der Waals surface area contributed by atoms with Gasteiger partial charge in [0.2, 0.25) is 0 Å². The van der Waals surface area contributed by atoms with Gasteiger partial charge in [-0.1, -0.05) is 0 Å². The van der Waals surface area contributed by atoms with Gasteiger partial charge < -0.3 is 16.0 Å². The Hall–Kier alpha value is -3.49. The molecule has 0 radical (unpaired) electrons. The molecule has 2 aliphatic rings. The van der Waals surface area contributed by atoms with Crippen molar-refractivity contribution < 1.29 is 18.4 Å². The van der Waals surface area contributed by atoms with E-state index in [1.807, 2.05) is 0 Å². The molecule has 9 heteroatoms. The smallest absolute Gasteiger partial charge is 0.258 e. The van der Waals surface area contributed by atoms with Crippen molar-refractivity contribution in [2.45, 2.75) is 38.6 Å². The predicted molar refractivity (Wildman–Crippen MR) is 118 cm³/mol. The van der Waals surface area contributed by atoms with Crippen molar-refractivity contribution in [3.63, 3.8) is 0 Å². The Labute approximate surface area is 184 Å². The first-order valence-electron chi connectivity index (χ1n) is 10.6. The largest absolute Gasteiger partial charge is 0.354 e. The number of rotatable bonds is 6. The molecule has 2 amide bonds. The van der Waals surface area contributed by atoms with Crippen molar-refractivity contribution in [1.29, 1.82) is 0 Å². The van der Waals surface area contributed by atoms with Crippen molar-refractivity contribution in [3.8, 4) is 0 Å². The third kappa shape index (κ3) is 5.04. The molecule has 4 N–H and O–H groups in total. The number of anilines is 2. The lowest BCUT2D eigenvalue weighted by Gasteiger charge is -2.16. The molecule has 1 fully saturated rings. The number of nitrogens with zero attached hydrogens (tertiary/aromatic N) is 1. The molecular formula is C23H25F2N5O2. The first kappa shape index (κ1) is 21.7. The average molecular weight is 441 g/mol. The summed E-state index contributed by atoms with van der Waals surface area (Å²) in [5, 5.41) is 11.2. The zero-order valence-electron chi connectivity index (χ0n) is 17.9. The van der Waals surface area contributed by atoms with E-state index in [0.717, 1.165) is 25.0 Å². The Balaban J connectivity index is 1.62. The maximum atomic E-state index is 15.1. The maximum absolute atomic E-state index is 15.1. The van der Waals surface area contributed by atoms with E-state index in [2.05, 4.69) is 26.3 Å². The van der Waals surface area contributed by atoms with Crippen LogP contribution in [0.5, 0.6) is 0 Å². The number of aliphatic imine (C=N–C) groups is 1. The van der Waals surface area contributed by atoms with Crippen LogP contribution in [0, 0.1) is 11.6 Å². The van der Waals surface area contributed by atoms with Gasteiger partial charge in [0.05, 0.1) is 12.2 Å². The number of hydrogen-bond acceptors (Lipinski definition) is 5. The molecule has 168 valence electrons. The average Bonchev–Trinajstić information content (AvgIpc) is 3.45. The van der Waals surface area contributed by atoms with Gasteiger partial charge in [-0.15, -0.1) is 0 Å². The van der Waals surface area contributed by atoms with Gasteiger partial charge in [-0.2, -0.15) is 0 Å². The van der Waals surface area contributed by atoms with Crippen LogP contribution >= 0.6 is 0 Å². The Morgan fingerprint density at radius 3 is 2.47 bits per heavy atom. The predicted octanol–water partition coefficient (Wildman–Crippen LogP) is 3.41. The van der Waals surface area contributed by atoms with E-state index in [1.165, 1.54) is 12.1 Å². The molecule has 4 rings (SSSR count). The van der Waals surface area contributed by atoms with Gasteiger partial charge in [0.15, 0.2) is 5.96 Å². The van der Waals surface area contributed by atoms with Gasteiger partial charge in [-0.3, -0.25) is 19.9 Å².